The van der Waals surface area contributed by atoms with E-state index in [0.29, 0.717) is 22.9 Å². The van der Waals surface area contributed by atoms with Gasteiger partial charge in [-0.1, -0.05) is 24.3 Å². The number of carbonyl (C=O) groups is 3. The van der Waals surface area contributed by atoms with Crippen LogP contribution in [0.5, 0.6) is 11.5 Å². The van der Waals surface area contributed by atoms with E-state index in [-0.39, 0.29) is 25.5 Å². The minimum Gasteiger partial charge on any atom is -0.493 e. The second-order valence-electron chi connectivity index (χ2n) is 7.76. The zero-order valence-electron chi connectivity index (χ0n) is 18.7. The molecule has 0 fully saturated rings. The molecule has 9 nitrogen and oxygen atoms in total. The molecule has 172 valence electrons. The molecule has 0 spiro atoms. The number of benzene rings is 2. The van der Waals surface area contributed by atoms with Crippen molar-refractivity contribution < 1.29 is 28.6 Å². The van der Waals surface area contributed by atoms with Gasteiger partial charge in [-0.2, -0.15) is 0 Å². The molecule has 0 aliphatic carbocycles. The van der Waals surface area contributed by atoms with Crippen molar-refractivity contribution in [3.63, 3.8) is 0 Å². The number of nitrogens with one attached hydrogen (secondary N) is 3. The van der Waals surface area contributed by atoms with Gasteiger partial charge in [-0.05, 0) is 45.0 Å². The Labute approximate surface area is 187 Å². The van der Waals surface area contributed by atoms with Crippen LogP contribution in [0.2, 0.25) is 0 Å². The molecule has 0 aromatic heterocycles. The summed E-state index contributed by atoms with van der Waals surface area (Å²) in [6, 6.07) is 13.8. The fraction of sp³-hybridized carbons (Fsp3) is 0.348. The molecule has 2 aromatic rings. The van der Waals surface area contributed by atoms with Gasteiger partial charge in [0.2, 0.25) is 5.91 Å². The van der Waals surface area contributed by atoms with Gasteiger partial charge in [0, 0.05) is 13.0 Å². The highest BCUT2D eigenvalue weighted by Crippen LogP contribution is 2.26. The van der Waals surface area contributed by atoms with Gasteiger partial charge in [0.15, 0.2) is 18.1 Å². The summed E-state index contributed by atoms with van der Waals surface area (Å²) in [5, 5.41) is 7.96. The van der Waals surface area contributed by atoms with Gasteiger partial charge in [-0.3, -0.25) is 9.59 Å². The van der Waals surface area contributed by atoms with E-state index in [1.165, 1.54) is 7.11 Å². The van der Waals surface area contributed by atoms with Crippen LogP contribution in [0, 0.1) is 0 Å². The first-order chi connectivity index (χ1) is 15.2. The topological polar surface area (TPSA) is 115 Å². The Morgan fingerprint density at radius 1 is 0.844 bits per heavy atom. The smallest absolute Gasteiger partial charge is 0.407 e. The van der Waals surface area contributed by atoms with E-state index in [0.717, 1.165) is 0 Å². The first-order valence-electron chi connectivity index (χ1n) is 10.1. The van der Waals surface area contributed by atoms with Crippen molar-refractivity contribution in [2.75, 3.05) is 30.9 Å². The Bertz CT molecular complexity index is 939. The zero-order chi connectivity index (χ0) is 23.6. The highest BCUT2D eigenvalue weighted by molar-refractivity contribution is 6.00. The number of hydrogen-bond acceptors (Lipinski definition) is 6. The molecule has 0 aliphatic heterocycles. The predicted molar refractivity (Wildman–Crippen MR) is 121 cm³/mol. The van der Waals surface area contributed by atoms with E-state index in [4.69, 9.17) is 14.2 Å². The minimum atomic E-state index is -0.612. The second kappa shape index (κ2) is 11.6. The molecule has 0 radical (unpaired) electrons. The number of methoxy groups -OCH3 is 1. The van der Waals surface area contributed by atoms with Gasteiger partial charge >= 0.3 is 6.09 Å². The maximum Gasteiger partial charge on any atom is 0.407 e. The molecular weight excluding hydrogens is 414 g/mol. The third-order valence-electron chi connectivity index (χ3n) is 3.92. The maximum atomic E-state index is 12.3. The Kier molecular flexibility index (Phi) is 8.88. The molecule has 2 aromatic carbocycles. The van der Waals surface area contributed by atoms with Crippen molar-refractivity contribution in [2.45, 2.75) is 32.8 Å². The lowest BCUT2D eigenvalue weighted by Gasteiger charge is -2.19. The predicted octanol–water partition coefficient (Wildman–Crippen LogP) is 3.57. The van der Waals surface area contributed by atoms with Crippen molar-refractivity contribution in [2.24, 2.45) is 0 Å². The summed E-state index contributed by atoms with van der Waals surface area (Å²) in [5.41, 5.74) is 0.244. The first-order valence-corrected chi connectivity index (χ1v) is 10.1. The van der Waals surface area contributed by atoms with Crippen molar-refractivity contribution in [3.05, 3.63) is 48.5 Å². The normalized spacial score (nSPS) is 10.6. The van der Waals surface area contributed by atoms with Crippen LogP contribution in [0.4, 0.5) is 16.2 Å². The van der Waals surface area contributed by atoms with Crippen LogP contribution in [0.1, 0.15) is 27.2 Å². The minimum absolute atomic E-state index is 0.0401. The fourth-order valence-corrected chi connectivity index (χ4v) is 2.57. The lowest BCUT2D eigenvalue weighted by molar-refractivity contribution is -0.118. The fourth-order valence-electron chi connectivity index (χ4n) is 2.57. The number of ether oxygens (including phenoxy) is 3. The molecule has 2 rings (SSSR count). The Morgan fingerprint density at radius 3 is 2.00 bits per heavy atom. The van der Waals surface area contributed by atoms with Gasteiger partial charge in [0.05, 0.1) is 18.5 Å². The molecule has 0 saturated carbocycles. The van der Waals surface area contributed by atoms with E-state index in [1.807, 2.05) is 0 Å². The quantitative estimate of drug-likeness (QED) is 0.546. The van der Waals surface area contributed by atoms with Gasteiger partial charge in [0.25, 0.3) is 5.91 Å². The zero-order valence-corrected chi connectivity index (χ0v) is 18.7. The number of amides is 3. The van der Waals surface area contributed by atoms with Gasteiger partial charge in [-0.15, -0.1) is 0 Å². The largest absolute Gasteiger partial charge is 0.493 e. The number of hydrogen-bond donors (Lipinski definition) is 3. The molecule has 9 heteroatoms. The molecule has 32 heavy (non-hydrogen) atoms. The van der Waals surface area contributed by atoms with Crippen molar-refractivity contribution in [3.8, 4) is 11.5 Å². The van der Waals surface area contributed by atoms with Crippen LogP contribution in [-0.2, 0) is 14.3 Å². The van der Waals surface area contributed by atoms with Crippen LogP contribution >= 0.6 is 0 Å². The Balaban J connectivity index is 1.85. The third-order valence-corrected chi connectivity index (χ3v) is 3.92. The van der Waals surface area contributed by atoms with Crippen LogP contribution in [0.3, 0.4) is 0 Å². The highest BCUT2D eigenvalue weighted by Gasteiger charge is 2.16. The first kappa shape index (κ1) is 24.5. The molecule has 0 heterocycles. The average molecular weight is 444 g/mol. The number of carbonyl (C=O) groups excluding carboxylic acids is 3. The number of rotatable bonds is 9. The lowest BCUT2D eigenvalue weighted by atomic mass is 10.2. The lowest BCUT2D eigenvalue weighted by Crippen LogP contribution is -2.34. The van der Waals surface area contributed by atoms with Gasteiger partial charge < -0.3 is 30.2 Å². The van der Waals surface area contributed by atoms with E-state index >= 15 is 0 Å². The molecule has 0 atom stereocenters. The van der Waals surface area contributed by atoms with Crippen LogP contribution < -0.4 is 25.4 Å². The van der Waals surface area contributed by atoms with Crippen LogP contribution in [0.15, 0.2) is 48.5 Å². The summed E-state index contributed by atoms with van der Waals surface area (Å²) in [6.45, 7) is 5.15. The SMILES string of the molecule is COc1ccccc1OCC(=O)Nc1ccccc1NC(=O)CCNC(=O)OC(C)(C)C. The van der Waals surface area contributed by atoms with Crippen molar-refractivity contribution in [1.82, 2.24) is 5.32 Å². The molecule has 0 bridgehead atoms. The summed E-state index contributed by atoms with van der Waals surface area (Å²) in [4.78, 5) is 36.2. The van der Waals surface area contributed by atoms with Gasteiger partial charge in [0.1, 0.15) is 5.60 Å². The number of para-hydroxylation sites is 4. The van der Waals surface area contributed by atoms with E-state index in [1.54, 1.807) is 69.3 Å². The third kappa shape index (κ3) is 8.55. The molecule has 3 amide bonds. The second-order valence-corrected chi connectivity index (χ2v) is 7.76. The van der Waals surface area contributed by atoms with E-state index in [9.17, 15) is 14.4 Å². The summed E-state index contributed by atoms with van der Waals surface area (Å²) < 4.78 is 15.8. The summed E-state index contributed by atoms with van der Waals surface area (Å²) in [7, 11) is 1.52. The van der Waals surface area contributed by atoms with Crippen molar-refractivity contribution in [1.29, 1.82) is 0 Å². The molecule has 0 unspecified atom stereocenters. The molecule has 3 N–H and O–H groups in total. The molecule has 0 saturated heterocycles. The van der Waals surface area contributed by atoms with E-state index in [2.05, 4.69) is 16.0 Å². The maximum absolute atomic E-state index is 12.3. The Morgan fingerprint density at radius 2 is 1.41 bits per heavy atom. The molecular formula is C23H29N3O6. The van der Waals surface area contributed by atoms with Crippen molar-refractivity contribution >= 4 is 29.3 Å². The summed E-state index contributed by atoms with van der Waals surface area (Å²) in [6.07, 6.45) is -0.550. The average Bonchev–Trinajstić information content (AvgIpc) is 2.72. The monoisotopic (exact) mass is 443 g/mol. The number of anilines is 2. The summed E-state index contributed by atoms with van der Waals surface area (Å²) >= 11 is 0. The van der Waals surface area contributed by atoms with Crippen LogP contribution in [0.25, 0.3) is 0 Å². The standard InChI is InChI=1S/C23H29N3O6/c1-23(2,3)32-22(29)24-14-13-20(27)25-16-9-5-6-10-17(16)26-21(28)15-31-19-12-8-7-11-18(19)30-4/h5-12H,13-15H2,1-4H3,(H,24,29)(H,25,27)(H,26,28). The highest BCUT2D eigenvalue weighted by atomic mass is 16.6. The van der Waals surface area contributed by atoms with E-state index < -0.39 is 17.6 Å². The summed E-state index contributed by atoms with van der Waals surface area (Å²) in [5.74, 6) is 0.245. The molecule has 0 aliphatic rings. The Hall–Kier alpha value is -3.75. The van der Waals surface area contributed by atoms with Gasteiger partial charge in [-0.25, -0.2) is 4.79 Å². The number of alkyl carbamates (subject to hydrolysis) is 1. The van der Waals surface area contributed by atoms with Crippen LogP contribution in [-0.4, -0.2) is 43.8 Å².